The van der Waals surface area contributed by atoms with Crippen molar-refractivity contribution in [2.75, 3.05) is 11.9 Å². The lowest BCUT2D eigenvalue weighted by Gasteiger charge is -2.17. The van der Waals surface area contributed by atoms with E-state index < -0.39 is 12.1 Å². The fourth-order valence-electron chi connectivity index (χ4n) is 2.31. The molecule has 0 aliphatic carbocycles. The highest BCUT2D eigenvalue weighted by Gasteiger charge is 2.18. The molecule has 0 unspecified atom stereocenters. The van der Waals surface area contributed by atoms with Crippen molar-refractivity contribution in [2.45, 2.75) is 33.8 Å². The predicted octanol–water partition coefficient (Wildman–Crippen LogP) is 4.54. The maximum Gasteiger partial charge on any atom is 0.339 e. The van der Waals surface area contributed by atoms with Gasteiger partial charge in [0.25, 0.3) is 5.91 Å². The number of benzene rings is 2. The summed E-state index contributed by atoms with van der Waals surface area (Å²) >= 11 is 6.11. The lowest BCUT2D eigenvalue weighted by molar-refractivity contribution is -0.122. The molecule has 2 aromatic carbocycles. The highest BCUT2D eigenvalue weighted by Crippen LogP contribution is 2.24. The topological polar surface area (TPSA) is 64.6 Å². The molecule has 1 amide bonds. The van der Waals surface area contributed by atoms with E-state index in [1.165, 1.54) is 12.1 Å². The number of rotatable bonds is 6. The molecule has 0 spiro atoms. The van der Waals surface area contributed by atoms with Gasteiger partial charge in [0.15, 0.2) is 6.10 Å². The molecule has 5 nitrogen and oxygen atoms in total. The molecule has 0 saturated heterocycles. The Bertz CT molecular complexity index is 819. The zero-order valence-corrected chi connectivity index (χ0v) is 16.0. The van der Waals surface area contributed by atoms with Crippen molar-refractivity contribution in [3.63, 3.8) is 0 Å². The highest BCUT2D eigenvalue weighted by atomic mass is 35.5. The summed E-state index contributed by atoms with van der Waals surface area (Å²) in [5, 5.41) is 2.95. The molecule has 0 aliphatic rings. The van der Waals surface area contributed by atoms with Gasteiger partial charge in [0.05, 0.1) is 17.2 Å². The second-order valence-electron chi connectivity index (χ2n) is 5.86. The number of nitrogens with one attached hydrogen (secondary N) is 1. The van der Waals surface area contributed by atoms with Crippen molar-refractivity contribution in [1.29, 1.82) is 0 Å². The number of halogens is 1. The summed E-state index contributed by atoms with van der Waals surface area (Å²) < 4.78 is 10.7. The Morgan fingerprint density at radius 2 is 1.92 bits per heavy atom. The molecule has 0 bridgehead atoms. The second-order valence-corrected chi connectivity index (χ2v) is 6.27. The smallest absolute Gasteiger partial charge is 0.339 e. The quantitative estimate of drug-likeness (QED) is 0.753. The van der Waals surface area contributed by atoms with E-state index in [0.29, 0.717) is 11.4 Å². The largest absolute Gasteiger partial charge is 0.481 e. The summed E-state index contributed by atoms with van der Waals surface area (Å²) in [7, 11) is 0. The maximum atomic E-state index is 12.4. The first-order chi connectivity index (χ1) is 12.3. The maximum absolute atomic E-state index is 12.4. The van der Waals surface area contributed by atoms with Crippen LogP contribution < -0.4 is 10.1 Å². The lowest BCUT2D eigenvalue weighted by atomic mass is 10.1. The van der Waals surface area contributed by atoms with Crippen molar-refractivity contribution in [2.24, 2.45) is 0 Å². The molecular weight excluding hydrogens is 354 g/mol. The summed E-state index contributed by atoms with van der Waals surface area (Å²) in [6.45, 7) is 7.59. The van der Waals surface area contributed by atoms with Crippen molar-refractivity contribution in [1.82, 2.24) is 0 Å². The Kier molecular flexibility index (Phi) is 6.64. The molecule has 0 fully saturated rings. The lowest BCUT2D eigenvalue weighted by Crippen LogP contribution is -2.30. The Labute approximate surface area is 158 Å². The van der Waals surface area contributed by atoms with E-state index in [9.17, 15) is 9.59 Å². The first kappa shape index (κ1) is 19.8. The van der Waals surface area contributed by atoms with Gasteiger partial charge in [-0.1, -0.05) is 23.7 Å². The van der Waals surface area contributed by atoms with Gasteiger partial charge in [-0.3, -0.25) is 4.79 Å². The molecule has 26 heavy (non-hydrogen) atoms. The van der Waals surface area contributed by atoms with Crippen LogP contribution in [-0.2, 0) is 9.53 Å². The number of amides is 1. The predicted molar refractivity (Wildman–Crippen MR) is 102 cm³/mol. The van der Waals surface area contributed by atoms with E-state index in [2.05, 4.69) is 5.32 Å². The molecule has 0 saturated carbocycles. The Morgan fingerprint density at radius 3 is 2.58 bits per heavy atom. The van der Waals surface area contributed by atoms with Gasteiger partial charge in [0.1, 0.15) is 5.75 Å². The van der Waals surface area contributed by atoms with E-state index >= 15 is 0 Å². The van der Waals surface area contributed by atoms with Crippen LogP contribution in [0.2, 0.25) is 5.02 Å². The van der Waals surface area contributed by atoms with Crippen molar-refractivity contribution in [3.05, 3.63) is 58.1 Å². The fourth-order valence-corrected chi connectivity index (χ4v) is 2.56. The number of esters is 1. The normalized spacial score (nSPS) is 11.6. The number of hydrogen-bond donors (Lipinski definition) is 1. The SMILES string of the molecule is CCOC(=O)c1ccc(NC(=O)[C@@H](C)Oc2cccc(C)c2C)cc1Cl. The van der Waals surface area contributed by atoms with E-state index in [0.717, 1.165) is 11.1 Å². The van der Waals surface area contributed by atoms with Crippen LogP contribution in [0.15, 0.2) is 36.4 Å². The number of aryl methyl sites for hydroxylation is 1. The van der Waals surface area contributed by atoms with E-state index in [1.54, 1.807) is 19.9 Å². The van der Waals surface area contributed by atoms with Crippen LogP contribution in [0.5, 0.6) is 5.75 Å². The molecule has 0 heterocycles. The molecule has 2 rings (SSSR count). The average Bonchev–Trinajstić information content (AvgIpc) is 2.59. The molecule has 0 aliphatic heterocycles. The molecule has 1 N–H and O–H groups in total. The third-order valence-electron chi connectivity index (χ3n) is 3.96. The van der Waals surface area contributed by atoms with Crippen molar-refractivity contribution < 1.29 is 19.1 Å². The minimum Gasteiger partial charge on any atom is -0.481 e. The van der Waals surface area contributed by atoms with E-state index in [4.69, 9.17) is 21.1 Å². The molecule has 0 aromatic heterocycles. The number of anilines is 1. The minimum atomic E-state index is -0.695. The molecule has 6 heteroatoms. The minimum absolute atomic E-state index is 0.212. The molecule has 2 aromatic rings. The number of carbonyl (C=O) groups excluding carboxylic acids is 2. The van der Waals surface area contributed by atoms with Gasteiger partial charge in [0.2, 0.25) is 0 Å². The van der Waals surface area contributed by atoms with Gasteiger partial charge in [-0.15, -0.1) is 0 Å². The zero-order valence-electron chi connectivity index (χ0n) is 15.3. The summed E-state index contributed by atoms with van der Waals surface area (Å²) in [6, 6.07) is 10.3. The number of hydrogen-bond acceptors (Lipinski definition) is 4. The van der Waals surface area contributed by atoms with Gasteiger partial charge < -0.3 is 14.8 Å². The highest BCUT2D eigenvalue weighted by molar-refractivity contribution is 6.34. The van der Waals surface area contributed by atoms with E-state index in [1.807, 2.05) is 32.0 Å². The monoisotopic (exact) mass is 375 g/mol. The Hall–Kier alpha value is -2.53. The molecule has 1 atom stereocenters. The Morgan fingerprint density at radius 1 is 1.19 bits per heavy atom. The van der Waals surface area contributed by atoms with Gasteiger partial charge in [-0.25, -0.2) is 4.79 Å². The molecule has 0 radical (unpaired) electrons. The van der Waals surface area contributed by atoms with Crippen LogP contribution in [0.3, 0.4) is 0 Å². The van der Waals surface area contributed by atoms with Crippen molar-refractivity contribution in [3.8, 4) is 5.75 Å². The van der Waals surface area contributed by atoms with E-state index in [-0.39, 0.29) is 23.1 Å². The van der Waals surface area contributed by atoms with Gasteiger partial charge in [-0.05, 0) is 63.1 Å². The summed E-state index contributed by atoms with van der Waals surface area (Å²) in [6.07, 6.45) is -0.695. The second kappa shape index (κ2) is 8.72. The first-order valence-corrected chi connectivity index (χ1v) is 8.71. The van der Waals surface area contributed by atoms with Gasteiger partial charge in [0, 0.05) is 5.69 Å². The van der Waals surface area contributed by atoms with Gasteiger partial charge in [-0.2, -0.15) is 0 Å². The standard InChI is InChI=1S/C20H22ClNO4/c1-5-25-20(24)16-10-9-15(11-17(16)21)22-19(23)14(4)26-18-8-6-7-12(2)13(18)3/h6-11,14H,5H2,1-4H3,(H,22,23)/t14-/m1/s1. The Balaban J connectivity index is 2.06. The summed E-state index contributed by atoms with van der Waals surface area (Å²) in [4.78, 5) is 24.1. The van der Waals surface area contributed by atoms with Crippen molar-refractivity contribution >= 4 is 29.2 Å². The summed E-state index contributed by atoms with van der Waals surface area (Å²) in [5.74, 6) is -0.142. The summed E-state index contributed by atoms with van der Waals surface area (Å²) in [5.41, 5.74) is 2.82. The molecule has 138 valence electrons. The van der Waals surface area contributed by atoms with Crippen LogP contribution in [-0.4, -0.2) is 24.6 Å². The third-order valence-corrected chi connectivity index (χ3v) is 4.27. The van der Waals surface area contributed by atoms with Gasteiger partial charge >= 0.3 is 5.97 Å². The van der Waals surface area contributed by atoms with Crippen LogP contribution in [0, 0.1) is 13.8 Å². The van der Waals surface area contributed by atoms with Crippen LogP contribution >= 0.6 is 11.6 Å². The van der Waals surface area contributed by atoms with Crippen LogP contribution in [0.1, 0.15) is 35.3 Å². The number of carbonyl (C=O) groups is 2. The van der Waals surface area contributed by atoms with Crippen LogP contribution in [0.4, 0.5) is 5.69 Å². The van der Waals surface area contributed by atoms with Crippen LogP contribution in [0.25, 0.3) is 0 Å². The average molecular weight is 376 g/mol. The number of ether oxygens (including phenoxy) is 2. The fraction of sp³-hybridized carbons (Fsp3) is 0.300. The third kappa shape index (κ3) is 4.76. The first-order valence-electron chi connectivity index (χ1n) is 8.34. The molecular formula is C20H22ClNO4. The zero-order chi connectivity index (χ0) is 19.3.